The molecule has 0 saturated heterocycles. The SMILES string of the molecule is Cc1cc[n+](-[n+]2ccccc2-c2ccccc2C)c(-c2cc3ccc4cc(C(C)(C)C)ccc4c3cc2C)c1. The first kappa shape index (κ1) is 25.0. The van der Waals surface area contributed by atoms with E-state index in [1.807, 2.05) is 0 Å². The molecule has 0 spiro atoms. The predicted molar refractivity (Wildman–Crippen MR) is 163 cm³/mol. The number of pyridine rings is 2. The first-order chi connectivity index (χ1) is 18.7. The Morgan fingerprint density at radius 1 is 0.513 bits per heavy atom. The predicted octanol–water partition coefficient (Wildman–Crippen LogP) is 8.44. The van der Waals surface area contributed by atoms with E-state index in [4.69, 9.17) is 0 Å². The molecule has 6 rings (SSSR count). The highest BCUT2D eigenvalue weighted by molar-refractivity contribution is 6.09. The van der Waals surface area contributed by atoms with Gasteiger partial charge in [-0.2, -0.15) is 0 Å². The molecule has 0 aliphatic rings. The Morgan fingerprint density at radius 2 is 1.23 bits per heavy atom. The van der Waals surface area contributed by atoms with Crippen LogP contribution in [0, 0.1) is 20.8 Å². The number of nitrogens with zero attached hydrogens (tertiary/aromatic N) is 2. The number of fused-ring (bicyclic) bond motifs is 3. The minimum absolute atomic E-state index is 0.133. The molecule has 0 bridgehead atoms. The molecule has 0 atom stereocenters. The third-order valence-corrected chi connectivity index (χ3v) is 7.90. The molecule has 2 heteroatoms. The van der Waals surface area contributed by atoms with Gasteiger partial charge in [0.05, 0.1) is 20.5 Å². The molecule has 0 unspecified atom stereocenters. The summed E-state index contributed by atoms with van der Waals surface area (Å²) >= 11 is 0. The van der Waals surface area contributed by atoms with E-state index < -0.39 is 0 Å². The summed E-state index contributed by atoms with van der Waals surface area (Å²) in [4.78, 5) is 0. The van der Waals surface area contributed by atoms with Crippen molar-refractivity contribution in [2.75, 3.05) is 0 Å². The number of benzene rings is 4. The van der Waals surface area contributed by atoms with Crippen molar-refractivity contribution in [3.63, 3.8) is 0 Å². The fourth-order valence-corrected chi connectivity index (χ4v) is 5.65. The second-order valence-corrected chi connectivity index (χ2v) is 11.8. The molecular weight excluding hydrogens is 472 g/mol. The Labute approximate surface area is 231 Å². The van der Waals surface area contributed by atoms with Crippen molar-refractivity contribution < 1.29 is 9.35 Å². The summed E-state index contributed by atoms with van der Waals surface area (Å²) in [7, 11) is 0. The molecule has 0 amide bonds. The van der Waals surface area contributed by atoms with Crippen LogP contribution in [0.3, 0.4) is 0 Å². The van der Waals surface area contributed by atoms with Gasteiger partial charge >= 0.3 is 0 Å². The fourth-order valence-electron chi connectivity index (χ4n) is 5.65. The van der Waals surface area contributed by atoms with Crippen LogP contribution in [0.15, 0.2) is 109 Å². The smallest absolute Gasteiger partial charge is 0.0620 e. The Bertz CT molecular complexity index is 1870. The van der Waals surface area contributed by atoms with Gasteiger partial charge in [0.2, 0.25) is 12.4 Å². The molecule has 0 radical (unpaired) electrons. The van der Waals surface area contributed by atoms with Gasteiger partial charge in [0.15, 0.2) is 0 Å². The van der Waals surface area contributed by atoms with Crippen LogP contribution in [-0.2, 0) is 5.41 Å². The van der Waals surface area contributed by atoms with Crippen LogP contribution in [0.2, 0.25) is 0 Å². The first-order valence-electron chi connectivity index (χ1n) is 13.8. The summed E-state index contributed by atoms with van der Waals surface area (Å²) in [5, 5.41) is 5.18. The van der Waals surface area contributed by atoms with Crippen LogP contribution in [0.5, 0.6) is 0 Å². The molecule has 2 heterocycles. The summed E-state index contributed by atoms with van der Waals surface area (Å²) in [6.45, 7) is 13.4. The molecule has 0 saturated carbocycles. The lowest BCUT2D eigenvalue weighted by atomic mass is 9.85. The molecule has 4 aromatic carbocycles. The van der Waals surface area contributed by atoms with E-state index >= 15 is 0 Å². The minimum atomic E-state index is 0.133. The molecule has 0 N–H and O–H groups in total. The van der Waals surface area contributed by atoms with Gasteiger partial charge in [0.25, 0.3) is 11.4 Å². The van der Waals surface area contributed by atoms with Crippen LogP contribution < -0.4 is 9.35 Å². The number of aromatic nitrogens is 2. The molecular formula is C37H36N2+2. The Morgan fingerprint density at radius 3 is 2.00 bits per heavy atom. The highest BCUT2D eigenvalue weighted by Crippen LogP contribution is 2.34. The van der Waals surface area contributed by atoms with Gasteiger partial charge in [-0.05, 0) is 94.3 Å². The number of aryl methyl sites for hydroxylation is 3. The molecule has 39 heavy (non-hydrogen) atoms. The standard InChI is InChI=1S/C37H36N2/c1-25-18-20-39(38-19-10-9-13-35(38)31-12-8-7-11-26(31)2)36(21-25)33-24-29-15-14-28-23-30(37(4,5)6)16-17-32(28)34(29)22-27(33)3/h7-24H,1-6H3/q+2. The van der Waals surface area contributed by atoms with Crippen molar-refractivity contribution in [3.8, 4) is 22.5 Å². The maximum atomic E-state index is 2.37. The molecule has 0 fully saturated rings. The van der Waals surface area contributed by atoms with E-state index in [1.165, 1.54) is 60.6 Å². The lowest BCUT2D eigenvalue weighted by Crippen LogP contribution is -2.68. The molecule has 6 aromatic rings. The van der Waals surface area contributed by atoms with Crippen molar-refractivity contribution in [2.45, 2.75) is 47.0 Å². The van der Waals surface area contributed by atoms with Crippen molar-refractivity contribution in [3.05, 3.63) is 132 Å². The largest absolute Gasteiger partial charge is 0.284 e. The third kappa shape index (κ3) is 4.51. The van der Waals surface area contributed by atoms with Crippen molar-refractivity contribution in [1.82, 2.24) is 0 Å². The summed E-state index contributed by atoms with van der Waals surface area (Å²) in [5.41, 5.74) is 10.1. The van der Waals surface area contributed by atoms with Crippen LogP contribution in [-0.4, -0.2) is 0 Å². The molecule has 0 aliphatic carbocycles. The van der Waals surface area contributed by atoms with Gasteiger partial charge in [0.1, 0.15) is 0 Å². The van der Waals surface area contributed by atoms with E-state index in [2.05, 4.69) is 160 Å². The number of hydrogen-bond donors (Lipinski definition) is 0. The quantitative estimate of drug-likeness (QED) is 0.167. The van der Waals surface area contributed by atoms with E-state index in [0.717, 1.165) is 5.69 Å². The molecule has 2 aromatic heterocycles. The monoisotopic (exact) mass is 508 g/mol. The lowest BCUT2D eigenvalue weighted by molar-refractivity contribution is -1.29. The molecule has 2 nitrogen and oxygen atoms in total. The molecule has 0 aliphatic heterocycles. The van der Waals surface area contributed by atoms with E-state index in [0.29, 0.717) is 0 Å². The van der Waals surface area contributed by atoms with Crippen LogP contribution in [0.4, 0.5) is 0 Å². The van der Waals surface area contributed by atoms with Gasteiger partial charge in [-0.25, -0.2) is 0 Å². The number of rotatable bonds is 3. The summed E-state index contributed by atoms with van der Waals surface area (Å²) in [5.74, 6) is 0. The second kappa shape index (κ2) is 9.47. The zero-order valence-corrected chi connectivity index (χ0v) is 23.8. The molecule has 192 valence electrons. The highest BCUT2D eigenvalue weighted by atomic mass is 15.4. The fraction of sp³-hybridized carbons (Fsp3) is 0.189. The van der Waals surface area contributed by atoms with E-state index in [1.54, 1.807) is 0 Å². The third-order valence-electron chi connectivity index (χ3n) is 7.90. The topological polar surface area (TPSA) is 7.76 Å². The van der Waals surface area contributed by atoms with Crippen molar-refractivity contribution >= 4 is 21.5 Å². The first-order valence-corrected chi connectivity index (χ1v) is 13.8. The Kier molecular flexibility index (Phi) is 6.07. The zero-order valence-electron chi connectivity index (χ0n) is 23.8. The Balaban J connectivity index is 1.56. The van der Waals surface area contributed by atoms with Gasteiger partial charge in [-0.3, -0.25) is 0 Å². The lowest BCUT2D eigenvalue weighted by Gasteiger charge is -2.20. The van der Waals surface area contributed by atoms with E-state index in [9.17, 15) is 0 Å². The Hall–Kier alpha value is -4.30. The van der Waals surface area contributed by atoms with Gasteiger partial charge in [0, 0.05) is 24.3 Å². The summed E-state index contributed by atoms with van der Waals surface area (Å²) < 4.78 is 4.54. The van der Waals surface area contributed by atoms with Crippen LogP contribution >= 0.6 is 0 Å². The van der Waals surface area contributed by atoms with Gasteiger partial charge in [-0.1, -0.05) is 69.3 Å². The average Bonchev–Trinajstić information content (AvgIpc) is 2.92. The maximum absolute atomic E-state index is 2.37. The van der Waals surface area contributed by atoms with Gasteiger partial charge in [-0.15, -0.1) is 0 Å². The second-order valence-electron chi connectivity index (χ2n) is 11.8. The minimum Gasteiger partial charge on any atom is -0.0620 e. The van der Waals surface area contributed by atoms with E-state index in [-0.39, 0.29) is 5.41 Å². The average molecular weight is 509 g/mol. The van der Waals surface area contributed by atoms with Crippen molar-refractivity contribution in [2.24, 2.45) is 0 Å². The highest BCUT2D eigenvalue weighted by Gasteiger charge is 2.28. The zero-order chi connectivity index (χ0) is 27.3. The summed E-state index contributed by atoms with van der Waals surface area (Å²) in [6.07, 6.45) is 4.34. The van der Waals surface area contributed by atoms with Gasteiger partial charge < -0.3 is 0 Å². The maximum Gasteiger partial charge on any atom is 0.284 e. The normalized spacial score (nSPS) is 11.8. The number of hydrogen-bond acceptors (Lipinski definition) is 0. The van der Waals surface area contributed by atoms with Crippen molar-refractivity contribution in [1.29, 1.82) is 0 Å². The van der Waals surface area contributed by atoms with Crippen LogP contribution in [0.1, 0.15) is 43.0 Å². The summed E-state index contributed by atoms with van der Waals surface area (Å²) in [6, 6.07) is 35.7. The van der Waals surface area contributed by atoms with Crippen LogP contribution in [0.25, 0.3) is 44.1 Å².